The van der Waals surface area contributed by atoms with Crippen LogP contribution in [-0.2, 0) is 15.6 Å². The fourth-order valence-corrected chi connectivity index (χ4v) is 39.0. The van der Waals surface area contributed by atoms with E-state index in [2.05, 4.69) is 123 Å². The van der Waals surface area contributed by atoms with Crippen LogP contribution in [0.3, 0.4) is 0 Å². The van der Waals surface area contributed by atoms with Gasteiger partial charge in [-0.2, -0.15) is 0 Å². The summed E-state index contributed by atoms with van der Waals surface area (Å²) in [5, 5.41) is 0. The van der Waals surface area contributed by atoms with E-state index < -0.39 is 21.5 Å². The Morgan fingerprint density at radius 3 is 1.34 bits per heavy atom. The monoisotopic (exact) mass is 705 g/mol. The summed E-state index contributed by atoms with van der Waals surface area (Å²) >= 11 is -4.77. The summed E-state index contributed by atoms with van der Waals surface area (Å²) in [5.74, 6) is 12.1. The molecule has 0 spiro atoms. The molecule has 2 atom stereocenters. The molecule has 4 heteroatoms. The van der Waals surface area contributed by atoms with Crippen LogP contribution >= 0.6 is 17.0 Å². The van der Waals surface area contributed by atoms with Crippen molar-refractivity contribution in [3.05, 3.63) is 153 Å². The van der Waals surface area contributed by atoms with Gasteiger partial charge in [-0.1, -0.05) is 0 Å². The Bertz CT molecular complexity index is 1780. The molecule has 6 rings (SSSR count). The Kier molecular flexibility index (Phi) is 8.86. The summed E-state index contributed by atoms with van der Waals surface area (Å²) < 4.78 is 0.129. The summed E-state index contributed by atoms with van der Waals surface area (Å²) in [6.07, 6.45) is 6.58. The predicted molar refractivity (Wildman–Crippen MR) is 190 cm³/mol. The molecule has 0 N–H and O–H groups in total. The number of hydrogen-bond acceptors (Lipinski definition) is 0. The molecule has 0 bridgehead atoms. The molecule has 0 nitrogen and oxygen atoms in total. The summed E-state index contributed by atoms with van der Waals surface area (Å²) in [4.78, 5) is 0. The molecule has 0 heterocycles. The molecule has 4 aromatic rings. The molecule has 2 unspecified atom stereocenters. The topological polar surface area (TPSA) is 0 Å². The fourth-order valence-electron chi connectivity index (χ4n) is 7.22. The van der Waals surface area contributed by atoms with Crippen LogP contribution in [0.5, 0.6) is 0 Å². The van der Waals surface area contributed by atoms with Crippen LogP contribution in [0.25, 0.3) is 12.2 Å². The van der Waals surface area contributed by atoms with E-state index >= 15 is 0 Å². The predicted octanol–water partition coefficient (Wildman–Crippen LogP) is 10.9. The second kappa shape index (κ2) is 12.5. The van der Waals surface area contributed by atoms with Crippen molar-refractivity contribution in [2.45, 2.75) is 47.0 Å². The number of allylic oxidation sites excluding steroid dienone is 2. The average Bonchev–Trinajstić information content (AvgIpc) is 3.64. The number of halogens is 2. The molecule has 0 saturated carbocycles. The molecule has 2 aliphatic carbocycles. The van der Waals surface area contributed by atoms with Crippen LogP contribution in [-0.4, -0.2) is 5.92 Å². The Balaban J connectivity index is 1.51. The van der Waals surface area contributed by atoms with Crippen molar-refractivity contribution in [2.24, 2.45) is 0 Å². The standard InChI is InChI=1S/2C19H15.C2H7Si.2ClH.Zr/c2*1-2-15-13-18-10-6-9-17(19(18)14-15)12-11-16-7-4-3-5-8-16;1-3-2;;;/h2*3-10,13-14H,2H2,1H3;3H,1-2H3;2*1H;/q;;;;;+2/p-2. The van der Waals surface area contributed by atoms with Crippen molar-refractivity contribution in [3.8, 4) is 23.7 Å². The molecule has 0 aromatic heterocycles. The van der Waals surface area contributed by atoms with Crippen molar-refractivity contribution in [1.29, 1.82) is 0 Å². The molecule has 0 aliphatic heterocycles. The van der Waals surface area contributed by atoms with Crippen LogP contribution in [0.1, 0.15) is 78.4 Å². The van der Waals surface area contributed by atoms with E-state index in [0.29, 0.717) is 0 Å². The third kappa shape index (κ3) is 5.36. The van der Waals surface area contributed by atoms with Crippen LogP contribution in [0.15, 0.2) is 108 Å². The van der Waals surface area contributed by atoms with E-state index in [-0.39, 0.29) is 7.25 Å². The number of fused-ring (bicyclic) bond motifs is 2. The normalized spacial score (nSPS) is 17.7. The maximum absolute atomic E-state index is 8.48. The van der Waals surface area contributed by atoms with Crippen molar-refractivity contribution >= 4 is 35.1 Å². The zero-order valence-corrected chi connectivity index (χ0v) is 30.9. The number of rotatable bonds is 5. The Morgan fingerprint density at radius 2 is 0.977 bits per heavy atom. The molecule has 0 saturated heterocycles. The molecule has 0 fully saturated rings. The van der Waals surface area contributed by atoms with Gasteiger partial charge in [0, 0.05) is 0 Å². The first-order valence-electron chi connectivity index (χ1n) is 15.6. The minimum absolute atomic E-state index is 0.0647. The van der Waals surface area contributed by atoms with Crippen molar-refractivity contribution in [3.63, 3.8) is 0 Å². The second-order valence-electron chi connectivity index (χ2n) is 12.2. The van der Waals surface area contributed by atoms with Crippen LogP contribution in [0.4, 0.5) is 0 Å². The van der Waals surface area contributed by atoms with Gasteiger partial charge in [-0.3, -0.25) is 0 Å². The summed E-state index contributed by atoms with van der Waals surface area (Å²) in [5.41, 5.74) is 11.8. The first-order valence-corrected chi connectivity index (χ1v) is 32.0. The zero-order chi connectivity index (χ0) is 30.9. The maximum atomic E-state index is 8.48. The van der Waals surface area contributed by atoms with E-state index in [1.807, 2.05) is 36.4 Å². The van der Waals surface area contributed by atoms with Crippen LogP contribution < -0.4 is 0 Å². The SMILES string of the molecule is CCC1=Cc2c(C#Cc3ccccc3)cccc2[CH]1[Zr]([Cl])([Cl])([CH]1C(CC)=Cc2c(C#Cc3ccccc3)cccc21)[SiH](C)C. The van der Waals surface area contributed by atoms with Gasteiger partial charge in [0.15, 0.2) is 0 Å². The fraction of sp³-hybridized carbons (Fsp3) is 0.200. The molecule has 2 aliphatic rings. The number of benzene rings is 4. The Labute approximate surface area is 272 Å². The third-order valence-corrected chi connectivity index (χ3v) is 61.4. The van der Waals surface area contributed by atoms with E-state index in [0.717, 1.165) is 35.1 Å². The number of hydrogen-bond donors (Lipinski definition) is 0. The van der Waals surface area contributed by atoms with Gasteiger partial charge in [0.1, 0.15) is 0 Å². The molecular weight excluding hydrogens is 671 g/mol. The first-order chi connectivity index (χ1) is 21.3. The zero-order valence-electron chi connectivity index (χ0n) is 25.8. The van der Waals surface area contributed by atoms with Gasteiger partial charge in [-0.15, -0.1) is 0 Å². The van der Waals surface area contributed by atoms with Crippen molar-refractivity contribution in [1.82, 2.24) is 0 Å². The quantitative estimate of drug-likeness (QED) is 0.143. The van der Waals surface area contributed by atoms with Crippen molar-refractivity contribution in [2.75, 3.05) is 0 Å². The van der Waals surface area contributed by atoms with E-state index in [4.69, 9.17) is 17.0 Å². The molecule has 44 heavy (non-hydrogen) atoms. The van der Waals surface area contributed by atoms with Gasteiger partial charge in [0.05, 0.1) is 0 Å². The Hall–Kier alpha value is -2.84. The molecular formula is C40H37Cl2SiZr. The molecule has 4 aromatic carbocycles. The van der Waals surface area contributed by atoms with Crippen LogP contribution in [0, 0.1) is 23.7 Å². The van der Waals surface area contributed by atoms with Gasteiger partial charge in [-0.05, 0) is 0 Å². The van der Waals surface area contributed by atoms with Crippen LogP contribution in [0.2, 0.25) is 13.1 Å². The van der Waals surface area contributed by atoms with Gasteiger partial charge in [0.25, 0.3) is 0 Å². The molecule has 0 amide bonds. The first kappa shape index (κ1) is 31.2. The molecule has 219 valence electrons. The van der Waals surface area contributed by atoms with Gasteiger partial charge in [0.2, 0.25) is 0 Å². The van der Waals surface area contributed by atoms with Gasteiger partial charge in [-0.25, -0.2) is 0 Å². The summed E-state index contributed by atoms with van der Waals surface area (Å²) in [6, 6.07) is 33.5. The average molecular weight is 708 g/mol. The van der Waals surface area contributed by atoms with E-state index in [9.17, 15) is 0 Å². The third-order valence-electron chi connectivity index (χ3n) is 9.56. The van der Waals surface area contributed by atoms with E-state index in [1.165, 1.54) is 33.4 Å². The summed E-state index contributed by atoms with van der Waals surface area (Å²) in [6.45, 7) is 9.31. The minimum atomic E-state index is -4.77. The summed E-state index contributed by atoms with van der Waals surface area (Å²) in [7, 11) is 17.0. The van der Waals surface area contributed by atoms with E-state index in [1.54, 1.807) is 0 Å². The Morgan fingerprint density at radius 1 is 0.568 bits per heavy atom. The van der Waals surface area contributed by atoms with Gasteiger partial charge < -0.3 is 0 Å². The van der Waals surface area contributed by atoms with Crippen molar-refractivity contribution < 1.29 is 15.6 Å². The van der Waals surface area contributed by atoms with Gasteiger partial charge >= 0.3 is 274 Å². The second-order valence-corrected chi connectivity index (χ2v) is 54.7. The molecule has 0 radical (unpaired) electrons.